The van der Waals surface area contributed by atoms with Crippen LogP contribution >= 0.6 is 0 Å². The molecule has 5 nitrogen and oxygen atoms in total. The summed E-state index contributed by atoms with van der Waals surface area (Å²) in [6, 6.07) is 22.8. The summed E-state index contributed by atoms with van der Waals surface area (Å²) in [6.07, 6.45) is 0. The van der Waals surface area contributed by atoms with Gasteiger partial charge in [0.05, 0.1) is 23.9 Å². The Balaban J connectivity index is 1.85. The highest BCUT2D eigenvalue weighted by Gasteiger charge is 2.15. The van der Waals surface area contributed by atoms with E-state index in [0.717, 1.165) is 22.1 Å². The Kier molecular flexibility index (Phi) is 4.61. The van der Waals surface area contributed by atoms with Gasteiger partial charge in [-0.1, -0.05) is 36.4 Å². The first-order valence-corrected chi connectivity index (χ1v) is 8.71. The number of hydrogen-bond donors (Lipinski definition) is 0. The van der Waals surface area contributed by atoms with Gasteiger partial charge in [0.2, 0.25) is 0 Å². The maximum absolute atomic E-state index is 12.5. The molecule has 0 fully saturated rings. The molecule has 0 N–H and O–H groups in total. The predicted octanol–water partition coefficient (Wildman–Crippen LogP) is 4.74. The third kappa shape index (κ3) is 3.24. The lowest BCUT2D eigenvalue weighted by atomic mass is 10.0. The summed E-state index contributed by atoms with van der Waals surface area (Å²) in [7, 11) is 1.64. The molecule has 0 saturated heterocycles. The molecule has 136 valence electrons. The number of hydrogen-bond acceptors (Lipinski definition) is 5. The zero-order valence-corrected chi connectivity index (χ0v) is 15.2. The number of rotatable bonds is 4. The van der Waals surface area contributed by atoms with Crippen molar-refractivity contribution in [3.63, 3.8) is 0 Å². The van der Waals surface area contributed by atoms with Crippen LogP contribution in [0.15, 0.2) is 66.7 Å². The Hall–Kier alpha value is -3.91. The number of nitriles is 1. The van der Waals surface area contributed by atoms with Crippen molar-refractivity contribution in [3.8, 4) is 23.1 Å². The van der Waals surface area contributed by atoms with Crippen LogP contribution in [0.2, 0.25) is 0 Å². The number of nitrogens with zero attached hydrogens (tertiary/aromatic N) is 2. The number of aromatic nitrogens is 1. The van der Waals surface area contributed by atoms with Crippen LogP contribution in [-0.2, 0) is 4.74 Å². The molecule has 1 heterocycles. The number of benzene rings is 3. The fourth-order valence-corrected chi connectivity index (χ4v) is 3.18. The summed E-state index contributed by atoms with van der Waals surface area (Å²) in [6.45, 7) is -0.289. The normalized spacial score (nSPS) is 10.6. The average Bonchev–Trinajstić information content (AvgIpc) is 2.75. The minimum absolute atomic E-state index is 0.289. The van der Waals surface area contributed by atoms with Gasteiger partial charge in [-0.2, -0.15) is 5.26 Å². The lowest BCUT2D eigenvalue weighted by molar-refractivity contribution is 0.0557. The van der Waals surface area contributed by atoms with Gasteiger partial charge in [0.1, 0.15) is 11.8 Å². The summed E-state index contributed by atoms with van der Waals surface area (Å²) in [5.74, 6) is 0.263. The van der Waals surface area contributed by atoms with E-state index in [1.807, 2.05) is 66.7 Å². The Labute approximate surface area is 161 Å². The van der Waals surface area contributed by atoms with Crippen LogP contribution in [0.5, 0.6) is 5.75 Å². The number of carbonyl (C=O) groups is 1. The Bertz CT molecular complexity index is 1240. The number of carbonyl (C=O) groups excluding carboxylic acids is 1. The zero-order valence-electron chi connectivity index (χ0n) is 15.2. The van der Waals surface area contributed by atoms with Crippen molar-refractivity contribution >= 4 is 27.6 Å². The van der Waals surface area contributed by atoms with E-state index in [1.54, 1.807) is 13.2 Å². The van der Waals surface area contributed by atoms with E-state index in [0.29, 0.717) is 22.2 Å². The Morgan fingerprint density at radius 1 is 1.04 bits per heavy atom. The van der Waals surface area contributed by atoms with Gasteiger partial charge in [-0.05, 0) is 41.1 Å². The number of para-hydroxylation sites is 1. The third-order valence-corrected chi connectivity index (χ3v) is 4.55. The molecule has 5 heteroatoms. The van der Waals surface area contributed by atoms with Gasteiger partial charge >= 0.3 is 5.97 Å². The molecule has 0 spiro atoms. The number of fused-ring (bicyclic) bond motifs is 2. The van der Waals surface area contributed by atoms with Crippen LogP contribution in [0.4, 0.5) is 0 Å². The number of methoxy groups -OCH3 is 1. The lowest BCUT2D eigenvalue weighted by Gasteiger charge is -2.10. The number of pyridine rings is 1. The van der Waals surface area contributed by atoms with E-state index in [-0.39, 0.29) is 6.61 Å². The van der Waals surface area contributed by atoms with Gasteiger partial charge in [-0.15, -0.1) is 0 Å². The smallest absolute Gasteiger partial charge is 0.339 e. The largest absolute Gasteiger partial charge is 0.497 e. The second-order valence-electron chi connectivity index (χ2n) is 6.23. The second-order valence-corrected chi connectivity index (χ2v) is 6.23. The van der Waals surface area contributed by atoms with Crippen LogP contribution in [0.1, 0.15) is 10.4 Å². The number of esters is 1. The summed E-state index contributed by atoms with van der Waals surface area (Å²) < 4.78 is 10.3. The summed E-state index contributed by atoms with van der Waals surface area (Å²) in [5.41, 5.74) is 2.64. The van der Waals surface area contributed by atoms with E-state index in [4.69, 9.17) is 19.7 Å². The molecule has 4 rings (SSSR count). The fraction of sp³-hybridized carbons (Fsp3) is 0.0870. The van der Waals surface area contributed by atoms with Crippen molar-refractivity contribution in [3.05, 3.63) is 72.3 Å². The zero-order chi connectivity index (χ0) is 19.5. The third-order valence-electron chi connectivity index (χ3n) is 4.55. The van der Waals surface area contributed by atoms with Gasteiger partial charge in [-0.25, -0.2) is 9.78 Å². The molecule has 28 heavy (non-hydrogen) atoms. The van der Waals surface area contributed by atoms with Crippen LogP contribution in [-0.4, -0.2) is 24.7 Å². The molecular weight excluding hydrogens is 352 g/mol. The van der Waals surface area contributed by atoms with Gasteiger partial charge < -0.3 is 9.47 Å². The molecule has 0 unspecified atom stereocenters. The van der Waals surface area contributed by atoms with E-state index >= 15 is 0 Å². The van der Waals surface area contributed by atoms with Gasteiger partial charge in [0.25, 0.3) is 0 Å². The highest BCUT2D eigenvalue weighted by molar-refractivity contribution is 6.05. The Morgan fingerprint density at radius 2 is 1.82 bits per heavy atom. The van der Waals surface area contributed by atoms with Crippen molar-refractivity contribution in [2.45, 2.75) is 0 Å². The molecule has 0 radical (unpaired) electrons. The monoisotopic (exact) mass is 368 g/mol. The van der Waals surface area contributed by atoms with E-state index in [9.17, 15) is 4.79 Å². The standard InChI is InChI=1S/C23H16N2O3/c1-27-18-9-8-15-12-17(7-6-16(15)13-18)22-14-20(23(26)28-11-10-24)19-4-2-3-5-21(19)25-22/h2-9,12-14H,11H2,1H3. The SMILES string of the molecule is COc1ccc2cc(-c3cc(C(=O)OCC#N)c4ccccc4n3)ccc2c1. The van der Waals surface area contributed by atoms with Crippen molar-refractivity contribution in [1.29, 1.82) is 5.26 Å². The molecule has 3 aromatic carbocycles. The first-order chi connectivity index (χ1) is 13.7. The topological polar surface area (TPSA) is 72.2 Å². The first-order valence-electron chi connectivity index (χ1n) is 8.71. The van der Waals surface area contributed by atoms with E-state index in [2.05, 4.69) is 0 Å². The molecule has 0 amide bonds. The molecule has 0 aliphatic rings. The molecule has 1 aromatic heterocycles. The van der Waals surface area contributed by atoms with Gasteiger partial charge in [0, 0.05) is 10.9 Å². The Morgan fingerprint density at radius 3 is 2.64 bits per heavy atom. The fourth-order valence-electron chi connectivity index (χ4n) is 3.18. The number of ether oxygens (including phenoxy) is 2. The van der Waals surface area contributed by atoms with Crippen molar-refractivity contribution in [2.24, 2.45) is 0 Å². The molecule has 0 aliphatic carbocycles. The van der Waals surface area contributed by atoms with Crippen molar-refractivity contribution in [2.75, 3.05) is 13.7 Å². The maximum atomic E-state index is 12.5. The average molecular weight is 368 g/mol. The predicted molar refractivity (Wildman–Crippen MR) is 107 cm³/mol. The quantitative estimate of drug-likeness (QED) is 0.486. The van der Waals surface area contributed by atoms with E-state index < -0.39 is 5.97 Å². The second kappa shape index (κ2) is 7.37. The van der Waals surface area contributed by atoms with Crippen molar-refractivity contribution < 1.29 is 14.3 Å². The first kappa shape index (κ1) is 17.5. The highest BCUT2D eigenvalue weighted by Crippen LogP contribution is 2.29. The molecular formula is C23H16N2O3. The minimum atomic E-state index is -0.535. The minimum Gasteiger partial charge on any atom is -0.497 e. The lowest BCUT2D eigenvalue weighted by Crippen LogP contribution is -2.07. The summed E-state index contributed by atoms with van der Waals surface area (Å²) >= 11 is 0. The highest BCUT2D eigenvalue weighted by atomic mass is 16.5. The molecule has 0 aliphatic heterocycles. The molecule has 0 saturated carbocycles. The van der Waals surface area contributed by atoms with Gasteiger partial charge in [-0.3, -0.25) is 0 Å². The molecule has 0 bridgehead atoms. The maximum Gasteiger partial charge on any atom is 0.339 e. The molecule has 4 aromatic rings. The van der Waals surface area contributed by atoms with E-state index in [1.165, 1.54) is 0 Å². The van der Waals surface area contributed by atoms with Crippen LogP contribution in [0, 0.1) is 11.3 Å². The summed E-state index contributed by atoms with van der Waals surface area (Å²) in [4.78, 5) is 17.2. The van der Waals surface area contributed by atoms with Crippen LogP contribution < -0.4 is 4.74 Å². The van der Waals surface area contributed by atoms with Crippen LogP contribution in [0.25, 0.3) is 32.9 Å². The van der Waals surface area contributed by atoms with Crippen molar-refractivity contribution in [1.82, 2.24) is 4.98 Å². The van der Waals surface area contributed by atoms with Crippen LogP contribution in [0.3, 0.4) is 0 Å². The van der Waals surface area contributed by atoms with Gasteiger partial charge in [0.15, 0.2) is 6.61 Å². The summed E-state index contributed by atoms with van der Waals surface area (Å²) in [5, 5.41) is 11.5. The molecule has 0 atom stereocenters.